The number of hydrogen-bond donors (Lipinski definition) is 1. The summed E-state index contributed by atoms with van der Waals surface area (Å²) < 4.78 is 0. The van der Waals surface area contributed by atoms with E-state index in [9.17, 15) is 0 Å². The highest BCUT2D eigenvalue weighted by Gasteiger charge is 2.22. The lowest BCUT2D eigenvalue weighted by atomic mass is 9.96. The summed E-state index contributed by atoms with van der Waals surface area (Å²) in [7, 11) is 4.20. The van der Waals surface area contributed by atoms with Crippen LogP contribution in [-0.4, -0.2) is 38.1 Å². The molecule has 0 bridgehead atoms. The van der Waals surface area contributed by atoms with Gasteiger partial charge in [-0.1, -0.05) is 19.3 Å². The van der Waals surface area contributed by atoms with Crippen molar-refractivity contribution < 1.29 is 0 Å². The van der Waals surface area contributed by atoms with Gasteiger partial charge in [0, 0.05) is 6.04 Å². The van der Waals surface area contributed by atoms with Gasteiger partial charge in [-0.25, -0.2) is 0 Å². The van der Waals surface area contributed by atoms with E-state index in [1.165, 1.54) is 32.1 Å². The van der Waals surface area contributed by atoms with Gasteiger partial charge in [-0.05, 0) is 46.4 Å². The molecule has 0 spiro atoms. The fourth-order valence-electron chi connectivity index (χ4n) is 2.39. The van der Waals surface area contributed by atoms with Gasteiger partial charge in [0.25, 0.3) is 0 Å². The Hall–Kier alpha value is -0.590. The maximum Gasteiger partial charge on any atom is 0.0672 e. The highest BCUT2D eigenvalue weighted by molar-refractivity contribution is 4.93. The van der Waals surface area contributed by atoms with Crippen LogP contribution >= 0.6 is 0 Å². The molecule has 92 valence electrons. The van der Waals surface area contributed by atoms with Crippen LogP contribution in [0.4, 0.5) is 0 Å². The molecule has 16 heavy (non-hydrogen) atoms. The van der Waals surface area contributed by atoms with Crippen LogP contribution in [0.25, 0.3) is 0 Å². The van der Waals surface area contributed by atoms with Crippen LogP contribution in [0.15, 0.2) is 0 Å². The van der Waals surface area contributed by atoms with Crippen molar-refractivity contribution >= 4 is 0 Å². The van der Waals surface area contributed by atoms with E-state index >= 15 is 0 Å². The first kappa shape index (κ1) is 13.5. The molecule has 2 unspecified atom stereocenters. The highest BCUT2D eigenvalue weighted by Crippen LogP contribution is 2.22. The van der Waals surface area contributed by atoms with E-state index in [0.29, 0.717) is 6.04 Å². The second-order valence-electron chi connectivity index (χ2n) is 5.09. The molecule has 0 aliphatic heterocycles. The minimum Gasteiger partial charge on any atom is -0.313 e. The molecule has 0 aromatic rings. The van der Waals surface area contributed by atoms with E-state index in [1.54, 1.807) is 0 Å². The van der Waals surface area contributed by atoms with Gasteiger partial charge in [0.05, 0.1) is 12.0 Å². The number of hydrogen-bond acceptors (Lipinski definition) is 3. The Bertz CT molecular complexity index is 220. The lowest BCUT2D eigenvalue weighted by molar-refractivity contribution is 0.359. The molecular formula is C13H25N3. The van der Waals surface area contributed by atoms with Crippen LogP contribution in [0.5, 0.6) is 0 Å². The third-order valence-electron chi connectivity index (χ3n) is 3.37. The molecule has 3 heteroatoms. The molecule has 1 aliphatic carbocycles. The maximum atomic E-state index is 9.13. The number of nitriles is 1. The summed E-state index contributed by atoms with van der Waals surface area (Å²) in [4.78, 5) is 2.20. The van der Waals surface area contributed by atoms with Crippen molar-refractivity contribution in [1.29, 1.82) is 5.26 Å². The van der Waals surface area contributed by atoms with Crippen molar-refractivity contribution in [3.63, 3.8) is 0 Å². The summed E-state index contributed by atoms with van der Waals surface area (Å²) in [5, 5.41) is 12.7. The first-order chi connectivity index (χ1) is 7.74. The van der Waals surface area contributed by atoms with Crippen molar-refractivity contribution in [1.82, 2.24) is 10.2 Å². The van der Waals surface area contributed by atoms with Crippen LogP contribution in [-0.2, 0) is 0 Å². The molecule has 1 fully saturated rings. The Labute approximate surface area is 99.8 Å². The zero-order valence-corrected chi connectivity index (χ0v) is 10.7. The Morgan fingerprint density at radius 2 is 2.00 bits per heavy atom. The van der Waals surface area contributed by atoms with Gasteiger partial charge in [-0.2, -0.15) is 5.26 Å². The summed E-state index contributed by atoms with van der Waals surface area (Å²) in [6.07, 6.45) is 7.25. The Balaban J connectivity index is 2.24. The molecule has 1 aliphatic rings. The van der Waals surface area contributed by atoms with Crippen LogP contribution in [0.1, 0.15) is 38.5 Å². The smallest absolute Gasteiger partial charge is 0.0672 e. The van der Waals surface area contributed by atoms with E-state index in [1.807, 2.05) is 0 Å². The summed E-state index contributed by atoms with van der Waals surface area (Å²) >= 11 is 0. The van der Waals surface area contributed by atoms with Crippen LogP contribution in [0.3, 0.4) is 0 Å². The third-order valence-corrected chi connectivity index (χ3v) is 3.37. The lowest BCUT2D eigenvalue weighted by Crippen LogP contribution is -2.36. The van der Waals surface area contributed by atoms with Gasteiger partial charge in [-0.3, -0.25) is 0 Å². The molecular weight excluding hydrogens is 198 g/mol. The van der Waals surface area contributed by atoms with Crippen molar-refractivity contribution in [3.05, 3.63) is 0 Å². The Morgan fingerprint density at radius 1 is 1.25 bits per heavy atom. The Morgan fingerprint density at radius 3 is 2.69 bits per heavy atom. The average molecular weight is 223 g/mol. The van der Waals surface area contributed by atoms with E-state index in [4.69, 9.17) is 5.26 Å². The summed E-state index contributed by atoms with van der Waals surface area (Å²) in [5.41, 5.74) is 0. The standard InChI is InChI=1S/C13H25N3/c1-16(2)10-6-9-15-13-8-5-3-4-7-12(13)11-14/h12-13,15H,3-10H2,1-2H3. The minimum atomic E-state index is 0.238. The normalized spacial score (nSPS) is 26.4. The monoisotopic (exact) mass is 223 g/mol. The summed E-state index contributed by atoms with van der Waals surface area (Å²) in [5.74, 6) is 0.238. The zero-order chi connectivity index (χ0) is 11.8. The second-order valence-corrected chi connectivity index (χ2v) is 5.09. The summed E-state index contributed by atoms with van der Waals surface area (Å²) in [6, 6.07) is 2.91. The molecule has 0 aromatic carbocycles. The highest BCUT2D eigenvalue weighted by atomic mass is 15.1. The van der Waals surface area contributed by atoms with Gasteiger partial charge >= 0.3 is 0 Å². The van der Waals surface area contributed by atoms with Crippen molar-refractivity contribution in [3.8, 4) is 6.07 Å². The maximum absolute atomic E-state index is 9.13. The molecule has 0 saturated heterocycles. The average Bonchev–Trinajstić information content (AvgIpc) is 2.48. The predicted molar refractivity (Wildman–Crippen MR) is 67.1 cm³/mol. The lowest BCUT2D eigenvalue weighted by Gasteiger charge is -2.21. The van der Waals surface area contributed by atoms with Gasteiger partial charge in [-0.15, -0.1) is 0 Å². The number of rotatable bonds is 5. The van der Waals surface area contributed by atoms with Crippen LogP contribution in [0.2, 0.25) is 0 Å². The fraction of sp³-hybridized carbons (Fsp3) is 0.923. The molecule has 1 N–H and O–H groups in total. The number of nitrogens with zero attached hydrogens (tertiary/aromatic N) is 2. The van der Waals surface area contributed by atoms with Crippen molar-refractivity contribution in [2.45, 2.75) is 44.6 Å². The van der Waals surface area contributed by atoms with E-state index in [2.05, 4.69) is 30.4 Å². The van der Waals surface area contributed by atoms with Gasteiger partial charge in [0.15, 0.2) is 0 Å². The molecule has 0 amide bonds. The quantitative estimate of drug-likeness (QED) is 0.572. The predicted octanol–water partition coefficient (Wildman–Crippen LogP) is 2.00. The molecule has 3 nitrogen and oxygen atoms in total. The van der Waals surface area contributed by atoms with E-state index < -0.39 is 0 Å². The molecule has 0 heterocycles. The zero-order valence-electron chi connectivity index (χ0n) is 10.7. The summed E-state index contributed by atoms with van der Waals surface area (Å²) in [6.45, 7) is 2.16. The van der Waals surface area contributed by atoms with E-state index in [-0.39, 0.29) is 5.92 Å². The SMILES string of the molecule is CN(C)CCCNC1CCCCCC1C#N. The fourth-order valence-corrected chi connectivity index (χ4v) is 2.39. The third kappa shape index (κ3) is 4.96. The van der Waals surface area contributed by atoms with Gasteiger partial charge in [0.1, 0.15) is 0 Å². The molecule has 0 aromatic heterocycles. The van der Waals surface area contributed by atoms with Crippen LogP contribution in [0, 0.1) is 17.2 Å². The molecule has 1 rings (SSSR count). The Kier molecular flexibility index (Phi) is 6.44. The topological polar surface area (TPSA) is 39.1 Å². The first-order valence-electron chi connectivity index (χ1n) is 6.51. The van der Waals surface area contributed by atoms with Gasteiger partial charge < -0.3 is 10.2 Å². The van der Waals surface area contributed by atoms with Crippen molar-refractivity contribution in [2.75, 3.05) is 27.2 Å². The molecule has 1 saturated carbocycles. The first-order valence-corrected chi connectivity index (χ1v) is 6.51. The molecule has 2 atom stereocenters. The second kappa shape index (κ2) is 7.65. The van der Waals surface area contributed by atoms with Gasteiger partial charge in [0.2, 0.25) is 0 Å². The molecule has 0 radical (unpaired) electrons. The largest absolute Gasteiger partial charge is 0.313 e. The number of nitrogens with one attached hydrogen (secondary N) is 1. The minimum absolute atomic E-state index is 0.238. The van der Waals surface area contributed by atoms with Crippen LogP contribution < -0.4 is 5.32 Å². The van der Waals surface area contributed by atoms with E-state index in [0.717, 1.165) is 19.5 Å². The van der Waals surface area contributed by atoms with Crippen molar-refractivity contribution in [2.24, 2.45) is 5.92 Å².